The average molecular weight is 626 g/mol. The third-order valence-corrected chi connectivity index (χ3v) is 6.08. The molecule has 5 rings (SSSR count). The molecule has 0 saturated heterocycles. The number of nitro groups is 2. The van der Waals surface area contributed by atoms with Crippen LogP contribution in [0.4, 0.5) is 17.1 Å². The SMILES string of the molecule is Cc1nc(-n2ccnc2)c(C#N)cc1N.Cc1nc(-n2ccnc2)c(C#N)cc1[N+](=O)[O-].Cc1nc(Cl)c(C#N)cc1[N+](=O)[O-]. The van der Waals surface area contributed by atoms with Crippen molar-refractivity contribution in [3.63, 3.8) is 0 Å². The lowest BCUT2D eigenvalue weighted by atomic mass is 10.2. The maximum atomic E-state index is 10.7. The van der Waals surface area contributed by atoms with Crippen LogP contribution in [-0.2, 0) is 0 Å². The molecule has 5 heterocycles. The molecule has 0 aliphatic rings. The molecule has 18 heteroatoms. The minimum Gasteiger partial charge on any atom is -0.397 e. The van der Waals surface area contributed by atoms with Crippen molar-refractivity contribution in [1.82, 2.24) is 34.1 Å². The molecule has 0 amide bonds. The Labute approximate surface area is 259 Å². The Morgan fingerprint density at radius 3 is 1.58 bits per heavy atom. The Kier molecular flexibility index (Phi) is 10.5. The van der Waals surface area contributed by atoms with Crippen molar-refractivity contribution in [2.24, 2.45) is 0 Å². The molecule has 0 saturated carbocycles. The second-order valence-electron chi connectivity index (χ2n) is 8.72. The molecule has 224 valence electrons. The standard InChI is InChI=1S/C10H7N5O2.C10H9N5.C7H4ClN3O2/c1-7-9(15(16)17)4-8(5-11)10(13-7)14-3-2-12-6-14;1-7-9(12)4-8(5-11)10(14-7)15-3-2-13-6-15;1-4-6(11(12)13)2-5(3-9)7(8)10-4/h2-4,6H,1H3;2-4,6H,12H2,1H3;2H,1H3. The fourth-order valence-corrected chi connectivity index (χ4v) is 3.75. The highest BCUT2D eigenvalue weighted by Gasteiger charge is 2.18. The molecule has 5 aromatic heterocycles. The first kappa shape index (κ1) is 32.7. The minimum atomic E-state index is -0.598. The maximum Gasteiger partial charge on any atom is 0.291 e. The predicted molar refractivity (Wildman–Crippen MR) is 158 cm³/mol. The van der Waals surface area contributed by atoms with Crippen LogP contribution < -0.4 is 5.73 Å². The van der Waals surface area contributed by atoms with E-state index < -0.39 is 9.85 Å². The molecular formula is C27H20ClN13O4. The summed E-state index contributed by atoms with van der Waals surface area (Å²) in [6.45, 7) is 4.79. The number of nitrogens with zero attached hydrogens (tertiary/aromatic N) is 12. The summed E-state index contributed by atoms with van der Waals surface area (Å²) in [5.41, 5.74) is 7.61. The molecule has 0 fully saturated rings. The molecule has 0 aromatic carbocycles. The van der Waals surface area contributed by atoms with E-state index in [0.29, 0.717) is 28.6 Å². The van der Waals surface area contributed by atoms with Gasteiger partial charge in [-0.05, 0) is 26.8 Å². The van der Waals surface area contributed by atoms with E-state index >= 15 is 0 Å². The zero-order chi connectivity index (χ0) is 33.3. The number of halogens is 1. The largest absolute Gasteiger partial charge is 0.397 e. The zero-order valence-corrected chi connectivity index (χ0v) is 24.4. The first-order valence-corrected chi connectivity index (χ1v) is 12.7. The van der Waals surface area contributed by atoms with Gasteiger partial charge in [0.05, 0.1) is 32.4 Å². The second-order valence-corrected chi connectivity index (χ2v) is 9.08. The summed E-state index contributed by atoms with van der Waals surface area (Å²) in [6, 6.07) is 9.63. The first-order valence-electron chi connectivity index (χ1n) is 12.3. The van der Waals surface area contributed by atoms with Crippen LogP contribution in [0, 0.1) is 75.0 Å². The van der Waals surface area contributed by atoms with Gasteiger partial charge >= 0.3 is 0 Å². The highest BCUT2D eigenvalue weighted by Crippen LogP contribution is 2.23. The maximum absolute atomic E-state index is 10.7. The molecule has 0 aliphatic carbocycles. The molecular weight excluding hydrogens is 606 g/mol. The van der Waals surface area contributed by atoms with Gasteiger partial charge in [-0.1, -0.05) is 11.6 Å². The summed E-state index contributed by atoms with van der Waals surface area (Å²) >= 11 is 5.55. The Balaban J connectivity index is 0.000000186. The number of nitrogens with two attached hydrogens (primary N) is 1. The van der Waals surface area contributed by atoms with Crippen LogP contribution in [0.1, 0.15) is 33.8 Å². The molecule has 0 radical (unpaired) electrons. The summed E-state index contributed by atoms with van der Waals surface area (Å²) in [7, 11) is 0. The number of hydrogen-bond donors (Lipinski definition) is 1. The number of aryl methyl sites for hydroxylation is 3. The van der Waals surface area contributed by atoms with Crippen molar-refractivity contribution in [1.29, 1.82) is 15.8 Å². The molecule has 0 atom stereocenters. The Hall–Kier alpha value is -6.77. The lowest BCUT2D eigenvalue weighted by Crippen LogP contribution is -2.03. The summed E-state index contributed by atoms with van der Waals surface area (Å²) in [5.74, 6) is 0.898. The van der Waals surface area contributed by atoms with Gasteiger partial charge in [0.25, 0.3) is 11.4 Å². The number of anilines is 1. The van der Waals surface area contributed by atoms with Crippen molar-refractivity contribution >= 4 is 28.7 Å². The Morgan fingerprint density at radius 2 is 1.16 bits per heavy atom. The molecule has 0 bridgehead atoms. The van der Waals surface area contributed by atoms with Crippen molar-refractivity contribution in [2.75, 3.05) is 5.73 Å². The van der Waals surface area contributed by atoms with Crippen LogP contribution in [0.15, 0.2) is 55.6 Å². The number of hydrogen-bond acceptors (Lipinski definition) is 13. The van der Waals surface area contributed by atoms with Gasteiger partial charge in [-0.15, -0.1) is 0 Å². The van der Waals surface area contributed by atoms with Gasteiger partial charge in [0.2, 0.25) is 0 Å². The highest BCUT2D eigenvalue weighted by molar-refractivity contribution is 6.30. The van der Waals surface area contributed by atoms with Crippen molar-refractivity contribution < 1.29 is 9.85 Å². The quantitative estimate of drug-likeness (QED) is 0.167. The minimum absolute atomic E-state index is 0.00870. The fraction of sp³-hybridized carbons (Fsp3) is 0.111. The van der Waals surface area contributed by atoms with Gasteiger partial charge in [0.1, 0.15) is 53.0 Å². The highest BCUT2D eigenvalue weighted by atomic mass is 35.5. The number of pyridine rings is 3. The monoisotopic (exact) mass is 625 g/mol. The van der Waals surface area contributed by atoms with Crippen LogP contribution in [0.2, 0.25) is 5.15 Å². The van der Waals surface area contributed by atoms with Gasteiger partial charge in [0, 0.05) is 36.9 Å². The van der Waals surface area contributed by atoms with Crippen molar-refractivity contribution in [3.8, 4) is 29.8 Å². The van der Waals surface area contributed by atoms with Crippen LogP contribution in [-0.4, -0.2) is 43.9 Å². The van der Waals surface area contributed by atoms with E-state index in [2.05, 4.69) is 31.0 Å². The van der Waals surface area contributed by atoms with Gasteiger partial charge in [-0.25, -0.2) is 24.9 Å². The lowest BCUT2D eigenvalue weighted by Gasteiger charge is -2.06. The summed E-state index contributed by atoms with van der Waals surface area (Å²) < 4.78 is 3.22. The molecule has 45 heavy (non-hydrogen) atoms. The second kappa shape index (κ2) is 14.4. The molecule has 17 nitrogen and oxygen atoms in total. The van der Waals surface area contributed by atoms with Crippen molar-refractivity contribution in [3.05, 3.63) is 115 Å². The van der Waals surface area contributed by atoms with Gasteiger partial charge < -0.3 is 5.73 Å². The molecule has 5 aromatic rings. The van der Waals surface area contributed by atoms with Crippen LogP contribution in [0.5, 0.6) is 0 Å². The van der Waals surface area contributed by atoms with E-state index in [1.54, 1.807) is 54.7 Å². The molecule has 0 aliphatic heterocycles. The fourth-order valence-electron chi connectivity index (χ4n) is 3.53. The predicted octanol–water partition coefficient (Wildman–Crippen LogP) is 4.21. The average Bonchev–Trinajstić information content (AvgIpc) is 3.74. The third kappa shape index (κ3) is 7.75. The molecule has 2 N–H and O–H groups in total. The van der Waals surface area contributed by atoms with E-state index in [9.17, 15) is 20.2 Å². The van der Waals surface area contributed by atoms with Crippen LogP contribution >= 0.6 is 11.6 Å². The van der Waals surface area contributed by atoms with Gasteiger partial charge in [-0.2, -0.15) is 15.8 Å². The summed E-state index contributed by atoms with van der Waals surface area (Å²) in [4.78, 5) is 39.7. The Bertz CT molecular complexity index is 2010. The van der Waals surface area contributed by atoms with Gasteiger partial charge in [-0.3, -0.25) is 29.4 Å². The Morgan fingerprint density at radius 1 is 0.733 bits per heavy atom. The van der Waals surface area contributed by atoms with E-state index in [-0.39, 0.29) is 39.0 Å². The van der Waals surface area contributed by atoms with E-state index in [1.807, 2.05) is 6.07 Å². The van der Waals surface area contributed by atoms with Crippen LogP contribution in [0.25, 0.3) is 11.6 Å². The normalized spacial score (nSPS) is 9.71. The third-order valence-electron chi connectivity index (χ3n) is 5.79. The van der Waals surface area contributed by atoms with E-state index in [1.165, 1.54) is 30.8 Å². The molecule has 0 spiro atoms. The smallest absolute Gasteiger partial charge is 0.291 e. The van der Waals surface area contributed by atoms with Crippen LogP contribution in [0.3, 0.4) is 0 Å². The number of aromatic nitrogens is 7. The number of nitriles is 3. The van der Waals surface area contributed by atoms with Gasteiger partial charge in [0.15, 0.2) is 11.6 Å². The van der Waals surface area contributed by atoms with Crippen molar-refractivity contribution in [2.45, 2.75) is 20.8 Å². The summed E-state index contributed by atoms with van der Waals surface area (Å²) in [5, 5.41) is 47.6. The zero-order valence-electron chi connectivity index (χ0n) is 23.7. The van der Waals surface area contributed by atoms with E-state index in [0.717, 1.165) is 6.07 Å². The lowest BCUT2D eigenvalue weighted by molar-refractivity contribution is -0.385. The number of nitrogen functional groups attached to an aromatic ring is 1. The first-order chi connectivity index (χ1) is 21.4. The van der Waals surface area contributed by atoms with E-state index in [4.69, 9.17) is 33.1 Å². The number of imidazole rings is 2. The number of rotatable bonds is 4. The summed E-state index contributed by atoms with van der Waals surface area (Å²) in [6.07, 6.45) is 9.61. The topological polar surface area (TPSA) is 258 Å². The molecule has 0 unspecified atom stereocenters.